The van der Waals surface area contributed by atoms with Gasteiger partial charge in [0.15, 0.2) is 5.67 Å². The number of anilines is 1. The third-order valence-corrected chi connectivity index (χ3v) is 9.29. The van der Waals surface area contributed by atoms with E-state index in [9.17, 15) is 9.90 Å². The van der Waals surface area contributed by atoms with Gasteiger partial charge in [-0.2, -0.15) is 0 Å². The topological polar surface area (TPSA) is 49.8 Å². The van der Waals surface area contributed by atoms with E-state index in [-0.39, 0.29) is 31.3 Å². The normalized spacial score (nSPS) is 25.6. The molecule has 5 heteroatoms. The smallest absolute Gasteiger partial charge is 0.233 e. The number of carbonyl (C=O) groups excluding carboxylic acids is 1. The minimum atomic E-state index is -1.77. The van der Waals surface area contributed by atoms with E-state index >= 15 is 4.39 Å². The zero-order valence-corrected chi connectivity index (χ0v) is 24.9. The summed E-state index contributed by atoms with van der Waals surface area (Å²) >= 11 is 0. The summed E-state index contributed by atoms with van der Waals surface area (Å²) in [5.41, 5.74) is -0.776. The van der Waals surface area contributed by atoms with Gasteiger partial charge >= 0.3 is 0 Å². The molecule has 39 heavy (non-hydrogen) atoms. The molecule has 2 unspecified atom stereocenters. The van der Waals surface area contributed by atoms with E-state index in [4.69, 9.17) is 4.74 Å². The molecule has 1 aliphatic carbocycles. The van der Waals surface area contributed by atoms with E-state index in [2.05, 4.69) is 19.7 Å². The number of amides is 1. The Bertz CT molecular complexity index is 1110. The molecule has 1 aromatic carbocycles. The Balaban J connectivity index is 1.73. The molecule has 3 rings (SSSR count). The van der Waals surface area contributed by atoms with Crippen LogP contribution in [-0.4, -0.2) is 34.9 Å². The molecule has 214 valence electrons. The first-order chi connectivity index (χ1) is 18.2. The fourth-order valence-electron chi connectivity index (χ4n) is 6.92. The van der Waals surface area contributed by atoms with Crippen LogP contribution in [0.25, 0.3) is 0 Å². The van der Waals surface area contributed by atoms with Crippen molar-refractivity contribution >= 4 is 11.6 Å². The maximum Gasteiger partial charge on any atom is 0.233 e. The van der Waals surface area contributed by atoms with Gasteiger partial charge < -0.3 is 14.7 Å². The molecular weight excluding hydrogens is 489 g/mol. The summed E-state index contributed by atoms with van der Waals surface area (Å²) in [4.78, 5) is 15.5. The molecule has 1 spiro atoms. The zero-order chi connectivity index (χ0) is 29.2. The average molecular weight is 538 g/mol. The molecule has 2 atom stereocenters. The summed E-state index contributed by atoms with van der Waals surface area (Å²) in [7, 11) is 0. The van der Waals surface area contributed by atoms with Crippen LogP contribution in [0.1, 0.15) is 86.5 Å². The Kier molecular flexibility index (Phi) is 9.06. The van der Waals surface area contributed by atoms with E-state index in [1.54, 1.807) is 6.08 Å². The lowest BCUT2D eigenvalue weighted by Gasteiger charge is -2.47. The quantitative estimate of drug-likeness (QED) is 0.289. The van der Waals surface area contributed by atoms with Gasteiger partial charge in [-0.15, -0.1) is 6.58 Å². The number of halogens is 1. The van der Waals surface area contributed by atoms with Crippen molar-refractivity contribution in [2.24, 2.45) is 10.8 Å². The van der Waals surface area contributed by atoms with E-state index in [0.717, 1.165) is 22.4 Å². The molecule has 0 aromatic heterocycles. The van der Waals surface area contributed by atoms with Crippen molar-refractivity contribution in [1.29, 1.82) is 0 Å². The first kappa shape index (κ1) is 30.9. The molecule has 1 saturated carbocycles. The Morgan fingerprint density at radius 1 is 1.10 bits per heavy atom. The van der Waals surface area contributed by atoms with Gasteiger partial charge in [0.2, 0.25) is 5.91 Å². The lowest BCUT2D eigenvalue weighted by molar-refractivity contribution is -0.142. The predicted octanol–water partition coefficient (Wildman–Crippen LogP) is 8.28. The first-order valence-corrected chi connectivity index (χ1v) is 14.3. The Hall–Kier alpha value is -2.66. The standard InChI is InChI=1S/C34H48FNO3/c1-10-16-32(35,23-24(3)4)33(38)19-17-31(18-20-33)21-22-36(30(31)37)28-12-14-29(15-13-28)39-27(9)34(11-2,25(5)6)26(7)8/h11-15,23,27,38H,2,5,7,10,16-22H2,1,3-4,6,8-9H3. The van der Waals surface area contributed by atoms with Gasteiger partial charge in [-0.25, -0.2) is 4.39 Å². The second-order valence-electron chi connectivity index (χ2n) is 12.2. The van der Waals surface area contributed by atoms with Crippen molar-refractivity contribution in [2.75, 3.05) is 11.4 Å². The van der Waals surface area contributed by atoms with Crippen LogP contribution in [0.15, 0.2) is 72.9 Å². The Labute approximate surface area is 235 Å². The number of aliphatic hydroxyl groups is 1. The number of rotatable bonds is 11. The Morgan fingerprint density at radius 3 is 2.13 bits per heavy atom. The van der Waals surface area contributed by atoms with E-state index in [0.29, 0.717) is 38.0 Å². The van der Waals surface area contributed by atoms with Crippen LogP contribution in [0.2, 0.25) is 0 Å². The van der Waals surface area contributed by atoms with Crippen molar-refractivity contribution in [3.05, 3.63) is 72.9 Å². The van der Waals surface area contributed by atoms with Crippen LogP contribution in [0, 0.1) is 10.8 Å². The number of carbonyl (C=O) groups is 1. The number of benzene rings is 1. The van der Waals surface area contributed by atoms with Crippen molar-refractivity contribution in [2.45, 2.75) is 104 Å². The summed E-state index contributed by atoms with van der Waals surface area (Å²) in [6.07, 6.45) is 6.38. The van der Waals surface area contributed by atoms with Crippen LogP contribution in [-0.2, 0) is 4.79 Å². The molecule has 2 aliphatic rings. The lowest BCUT2D eigenvalue weighted by Crippen LogP contribution is -2.54. The molecular formula is C34H48FNO3. The summed E-state index contributed by atoms with van der Waals surface area (Å²) in [6, 6.07) is 7.60. The predicted molar refractivity (Wildman–Crippen MR) is 160 cm³/mol. The number of allylic oxidation sites excluding steroid dienone is 1. The van der Waals surface area contributed by atoms with Crippen molar-refractivity contribution in [1.82, 2.24) is 0 Å². The molecule has 1 heterocycles. The summed E-state index contributed by atoms with van der Waals surface area (Å²) in [5, 5.41) is 11.5. The van der Waals surface area contributed by atoms with Crippen LogP contribution in [0.3, 0.4) is 0 Å². The van der Waals surface area contributed by atoms with Crippen LogP contribution < -0.4 is 9.64 Å². The lowest BCUT2D eigenvalue weighted by atomic mass is 9.62. The molecule has 1 aromatic rings. The van der Waals surface area contributed by atoms with Gasteiger partial charge in [-0.3, -0.25) is 4.79 Å². The monoisotopic (exact) mass is 537 g/mol. The summed E-state index contributed by atoms with van der Waals surface area (Å²) in [6.45, 7) is 24.5. The molecule has 1 N–H and O–H groups in total. The molecule has 4 nitrogen and oxygen atoms in total. The SMILES string of the molecule is C=CC(C(=C)C)(C(=C)C)C(C)Oc1ccc(N2CCC3(CCC(O)(C(F)(C=C(C)C)CCC)CC3)C2=O)cc1. The zero-order valence-electron chi connectivity index (χ0n) is 24.9. The second kappa shape index (κ2) is 11.4. The molecule has 0 bridgehead atoms. The van der Waals surface area contributed by atoms with E-state index in [1.807, 2.05) is 76.8 Å². The molecule has 1 aliphatic heterocycles. The van der Waals surface area contributed by atoms with Gasteiger partial charge in [0.25, 0.3) is 0 Å². The Morgan fingerprint density at radius 2 is 1.67 bits per heavy atom. The van der Waals surface area contributed by atoms with Crippen molar-refractivity contribution < 1.29 is 19.0 Å². The second-order valence-corrected chi connectivity index (χ2v) is 12.2. The van der Waals surface area contributed by atoms with Crippen molar-refractivity contribution in [3.63, 3.8) is 0 Å². The number of alkyl halides is 1. The number of hydrogen-bond donors (Lipinski definition) is 1. The maximum atomic E-state index is 16.1. The van der Waals surface area contributed by atoms with Gasteiger partial charge in [-0.1, -0.05) is 49.3 Å². The third-order valence-electron chi connectivity index (χ3n) is 9.29. The van der Waals surface area contributed by atoms with Gasteiger partial charge in [0, 0.05) is 12.2 Å². The number of hydrogen-bond acceptors (Lipinski definition) is 3. The minimum Gasteiger partial charge on any atom is -0.489 e. The van der Waals surface area contributed by atoms with Gasteiger partial charge in [-0.05, 0) is 103 Å². The number of ether oxygens (including phenoxy) is 1. The summed E-state index contributed by atoms with van der Waals surface area (Å²) < 4.78 is 22.4. The molecule has 1 saturated heterocycles. The highest BCUT2D eigenvalue weighted by Crippen LogP contribution is 2.53. The van der Waals surface area contributed by atoms with Gasteiger partial charge in [0.1, 0.15) is 17.5 Å². The first-order valence-electron chi connectivity index (χ1n) is 14.3. The fourth-order valence-corrected chi connectivity index (χ4v) is 6.92. The van der Waals surface area contributed by atoms with Crippen molar-refractivity contribution in [3.8, 4) is 5.75 Å². The highest BCUT2D eigenvalue weighted by molar-refractivity contribution is 6.00. The molecule has 2 fully saturated rings. The largest absolute Gasteiger partial charge is 0.489 e. The number of nitrogens with zero attached hydrogens (tertiary/aromatic N) is 1. The van der Waals surface area contributed by atoms with Gasteiger partial charge in [0.05, 0.1) is 10.8 Å². The maximum absolute atomic E-state index is 16.1. The fraction of sp³-hybridized carbons (Fsp3) is 0.559. The molecule has 1 amide bonds. The average Bonchev–Trinajstić information content (AvgIpc) is 3.17. The van der Waals surface area contributed by atoms with Crippen LogP contribution >= 0.6 is 0 Å². The third kappa shape index (κ3) is 5.52. The highest BCUT2D eigenvalue weighted by Gasteiger charge is 2.57. The minimum absolute atomic E-state index is 0.0731. The van der Waals surface area contributed by atoms with E-state index < -0.39 is 22.1 Å². The van der Waals surface area contributed by atoms with Crippen LogP contribution in [0.5, 0.6) is 5.75 Å². The molecule has 0 radical (unpaired) electrons. The van der Waals surface area contributed by atoms with Crippen LogP contribution in [0.4, 0.5) is 10.1 Å². The van der Waals surface area contributed by atoms with E-state index in [1.165, 1.54) is 0 Å². The summed E-state index contributed by atoms with van der Waals surface area (Å²) in [5.74, 6) is 0.766. The highest BCUT2D eigenvalue weighted by atomic mass is 19.1.